The third-order valence-corrected chi connectivity index (χ3v) is 14.3. The molecule has 2 saturated heterocycles. The highest BCUT2D eigenvalue weighted by molar-refractivity contribution is 5.91. The summed E-state index contributed by atoms with van der Waals surface area (Å²) in [6, 6.07) is 9.17. The van der Waals surface area contributed by atoms with E-state index in [1.54, 1.807) is 4.90 Å². The van der Waals surface area contributed by atoms with Gasteiger partial charge >= 0.3 is 0 Å². The summed E-state index contributed by atoms with van der Waals surface area (Å²) < 4.78 is 0. The number of nitrogens with one attached hydrogen (secondary N) is 1. The van der Waals surface area contributed by atoms with E-state index in [1.165, 1.54) is 19.3 Å². The quantitative estimate of drug-likeness (QED) is 0.437. The van der Waals surface area contributed by atoms with E-state index in [1.807, 2.05) is 35.2 Å². The van der Waals surface area contributed by atoms with E-state index in [0.717, 1.165) is 57.2 Å². The van der Waals surface area contributed by atoms with Gasteiger partial charge in [-0.3, -0.25) is 19.3 Å². The Labute approximate surface area is 280 Å². The minimum Gasteiger partial charge on any atom is -0.393 e. The molecule has 3 amide bonds. The number of likely N-dealkylation sites (tertiary alicyclic amines) is 1. The number of aliphatic hydroxyl groups excluding tert-OH is 2. The van der Waals surface area contributed by atoms with Gasteiger partial charge in [0.05, 0.1) is 25.2 Å². The van der Waals surface area contributed by atoms with Crippen LogP contribution in [0, 0.1) is 34.5 Å². The number of amides is 3. The molecule has 0 bridgehead atoms. The van der Waals surface area contributed by atoms with Gasteiger partial charge < -0.3 is 25.3 Å². The van der Waals surface area contributed by atoms with Crippen molar-refractivity contribution in [1.29, 1.82) is 0 Å². The second kappa shape index (κ2) is 13.1. The zero-order valence-electron chi connectivity index (χ0n) is 28.5. The predicted octanol–water partition coefficient (Wildman–Crippen LogP) is 3.22. The number of rotatable bonds is 6. The third kappa shape index (κ3) is 6.03. The summed E-state index contributed by atoms with van der Waals surface area (Å²) in [7, 11) is 0. The van der Waals surface area contributed by atoms with Crippen LogP contribution in [0.3, 0.4) is 0 Å². The fourth-order valence-corrected chi connectivity index (χ4v) is 11.5. The number of nitrogens with zero attached hydrogens (tertiary/aromatic N) is 3. The maximum absolute atomic E-state index is 13.2. The van der Waals surface area contributed by atoms with Gasteiger partial charge in [-0.25, -0.2) is 0 Å². The SMILES string of the molecule is C[C@]12C[C@H](N3CCN(C(=O)CNC(=O)[C@@H]4CCCN4C(=O)Cc4ccccc4)CC3)[C@@H](O)C[C@@H]1CC[C@@H]1[C@@H]2CC[C@]2(C)[C@@H](O)CC[C@@H]12. The molecule has 7 rings (SSSR count). The van der Waals surface area contributed by atoms with Crippen molar-refractivity contribution < 1.29 is 24.6 Å². The Morgan fingerprint density at radius 1 is 0.851 bits per heavy atom. The van der Waals surface area contributed by atoms with E-state index in [-0.39, 0.29) is 59.8 Å². The van der Waals surface area contributed by atoms with Gasteiger partial charge in [-0.2, -0.15) is 0 Å². The first-order chi connectivity index (χ1) is 22.6. The zero-order valence-corrected chi connectivity index (χ0v) is 28.5. The van der Waals surface area contributed by atoms with Gasteiger partial charge in [-0.05, 0) is 104 Å². The lowest BCUT2D eigenvalue weighted by atomic mass is 9.44. The van der Waals surface area contributed by atoms with Gasteiger partial charge in [-0.15, -0.1) is 0 Å². The number of hydrogen-bond acceptors (Lipinski definition) is 6. The second-order valence-corrected chi connectivity index (χ2v) is 16.4. The molecule has 0 aromatic heterocycles. The van der Waals surface area contributed by atoms with E-state index < -0.39 is 6.04 Å². The van der Waals surface area contributed by atoms with Crippen molar-refractivity contribution in [3.05, 3.63) is 35.9 Å². The Bertz CT molecular complexity index is 1320. The molecule has 47 heavy (non-hydrogen) atoms. The van der Waals surface area contributed by atoms with Crippen LogP contribution in [0.4, 0.5) is 0 Å². The summed E-state index contributed by atoms with van der Waals surface area (Å²) in [4.78, 5) is 45.2. The summed E-state index contributed by atoms with van der Waals surface area (Å²) in [5.74, 6) is 2.15. The topological polar surface area (TPSA) is 113 Å². The number of aliphatic hydroxyl groups is 2. The van der Waals surface area contributed by atoms with E-state index in [2.05, 4.69) is 24.1 Å². The van der Waals surface area contributed by atoms with Crippen molar-refractivity contribution in [2.45, 2.75) is 109 Å². The minimum atomic E-state index is -0.523. The number of carbonyl (C=O) groups is 3. The molecular weight excluding hydrogens is 592 g/mol. The van der Waals surface area contributed by atoms with E-state index in [4.69, 9.17) is 0 Å². The molecular formula is C38H56N4O5. The molecule has 2 heterocycles. The molecule has 6 aliphatic rings. The first kappa shape index (κ1) is 33.0. The number of fused-ring (bicyclic) bond motifs is 5. The molecule has 1 aromatic carbocycles. The minimum absolute atomic E-state index is 0.0515. The van der Waals surface area contributed by atoms with Gasteiger partial charge in [-0.1, -0.05) is 44.2 Å². The molecule has 258 valence electrons. The normalized spacial score (nSPS) is 40.3. The number of hydrogen-bond donors (Lipinski definition) is 3. The molecule has 4 aliphatic carbocycles. The third-order valence-electron chi connectivity index (χ3n) is 14.3. The van der Waals surface area contributed by atoms with Crippen LogP contribution < -0.4 is 5.32 Å². The van der Waals surface area contributed by atoms with Crippen molar-refractivity contribution in [1.82, 2.24) is 20.0 Å². The molecule has 1 aromatic rings. The Balaban J connectivity index is 0.910. The molecule has 9 heteroatoms. The van der Waals surface area contributed by atoms with Gasteiger partial charge in [0.25, 0.3) is 0 Å². The molecule has 6 fully saturated rings. The van der Waals surface area contributed by atoms with Crippen LogP contribution in [0.2, 0.25) is 0 Å². The summed E-state index contributed by atoms with van der Waals surface area (Å²) in [6.07, 6.45) is 9.92. The smallest absolute Gasteiger partial charge is 0.243 e. The summed E-state index contributed by atoms with van der Waals surface area (Å²) in [6.45, 7) is 8.01. The van der Waals surface area contributed by atoms with Crippen molar-refractivity contribution >= 4 is 17.7 Å². The van der Waals surface area contributed by atoms with Crippen LogP contribution in [0.1, 0.15) is 83.6 Å². The van der Waals surface area contributed by atoms with Crippen LogP contribution in [0.25, 0.3) is 0 Å². The lowest BCUT2D eigenvalue weighted by Crippen LogP contribution is -2.62. The van der Waals surface area contributed by atoms with Crippen LogP contribution in [0.5, 0.6) is 0 Å². The first-order valence-electron chi connectivity index (χ1n) is 18.6. The number of carbonyl (C=O) groups excluding carboxylic acids is 3. The van der Waals surface area contributed by atoms with Crippen molar-refractivity contribution in [2.75, 3.05) is 39.3 Å². The largest absolute Gasteiger partial charge is 0.393 e. The first-order valence-corrected chi connectivity index (χ1v) is 18.6. The van der Waals surface area contributed by atoms with E-state index in [0.29, 0.717) is 49.7 Å². The van der Waals surface area contributed by atoms with Gasteiger partial charge in [0.2, 0.25) is 17.7 Å². The van der Waals surface area contributed by atoms with E-state index in [9.17, 15) is 24.6 Å². The Hall–Kier alpha value is -2.49. The number of benzene rings is 1. The molecule has 2 aliphatic heterocycles. The van der Waals surface area contributed by atoms with Crippen LogP contribution in [-0.4, -0.2) is 106 Å². The van der Waals surface area contributed by atoms with Crippen LogP contribution >= 0.6 is 0 Å². The van der Waals surface area contributed by atoms with Crippen LogP contribution in [-0.2, 0) is 20.8 Å². The van der Waals surface area contributed by atoms with Gasteiger partial charge in [0.1, 0.15) is 6.04 Å². The average Bonchev–Trinajstić information content (AvgIpc) is 3.69. The Kier molecular flexibility index (Phi) is 9.20. The summed E-state index contributed by atoms with van der Waals surface area (Å²) >= 11 is 0. The second-order valence-electron chi connectivity index (χ2n) is 16.4. The molecule has 9 nitrogen and oxygen atoms in total. The van der Waals surface area contributed by atoms with E-state index >= 15 is 0 Å². The van der Waals surface area contributed by atoms with Crippen molar-refractivity contribution in [3.63, 3.8) is 0 Å². The van der Waals surface area contributed by atoms with Crippen LogP contribution in [0.15, 0.2) is 30.3 Å². The summed E-state index contributed by atoms with van der Waals surface area (Å²) in [5, 5.41) is 25.1. The number of piperazine rings is 1. The molecule has 0 radical (unpaired) electrons. The monoisotopic (exact) mass is 648 g/mol. The Morgan fingerprint density at radius 3 is 2.36 bits per heavy atom. The average molecular weight is 649 g/mol. The molecule has 0 unspecified atom stereocenters. The van der Waals surface area contributed by atoms with Gasteiger partial charge in [0, 0.05) is 38.8 Å². The molecule has 3 N–H and O–H groups in total. The van der Waals surface area contributed by atoms with Crippen molar-refractivity contribution in [2.24, 2.45) is 34.5 Å². The lowest BCUT2D eigenvalue weighted by molar-refractivity contribution is -0.156. The maximum atomic E-state index is 13.2. The molecule has 4 saturated carbocycles. The highest BCUT2D eigenvalue weighted by Gasteiger charge is 2.61. The lowest BCUT2D eigenvalue weighted by Gasteiger charge is -2.62. The maximum Gasteiger partial charge on any atom is 0.243 e. The molecule has 10 atom stereocenters. The summed E-state index contributed by atoms with van der Waals surface area (Å²) in [5.41, 5.74) is 1.22. The Morgan fingerprint density at radius 2 is 1.60 bits per heavy atom. The fraction of sp³-hybridized carbons (Fsp3) is 0.763. The highest BCUT2D eigenvalue weighted by atomic mass is 16.3. The fourth-order valence-electron chi connectivity index (χ4n) is 11.5. The zero-order chi connectivity index (χ0) is 32.9. The highest BCUT2D eigenvalue weighted by Crippen LogP contribution is 2.66. The van der Waals surface area contributed by atoms with Crippen molar-refractivity contribution in [3.8, 4) is 0 Å². The van der Waals surface area contributed by atoms with Gasteiger partial charge in [0.15, 0.2) is 0 Å². The molecule has 0 spiro atoms. The standard InChI is InChI=1S/C38H56N4O5/c1-37-15-14-29-27(28(37)12-13-33(37)44)11-10-26-22-32(43)31(23-38(26,29)2)40-17-19-41(20-18-40)35(46)24-39-36(47)30-9-6-16-42(30)34(45)21-25-7-4-3-5-8-25/h3-5,7-8,26-33,43-44H,6,9-24H2,1-2H3,(H,39,47)/t26-,27-,28-,29-,30-,31-,32-,33-,37-,38-/m0/s1. The predicted molar refractivity (Wildman–Crippen MR) is 179 cm³/mol.